The number of nitrogens with one attached hydrogen (secondary N) is 1. The molecule has 0 spiro atoms. The van der Waals surface area contributed by atoms with Gasteiger partial charge in [0.25, 0.3) is 5.91 Å². The van der Waals surface area contributed by atoms with Gasteiger partial charge in [0.2, 0.25) is 0 Å². The molecule has 164 valence electrons. The van der Waals surface area contributed by atoms with Crippen LogP contribution in [0.5, 0.6) is 11.5 Å². The molecule has 1 N–H and O–H groups in total. The first-order valence-electron chi connectivity index (χ1n) is 10.6. The molecule has 1 heterocycles. The maximum atomic E-state index is 12.8. The molecule has 0 bridgehead atoms. The molecule has 1 saturated heterocycles. The van der Waals surface area contributed by atoms with Crippen LogP contribution < -0.4 is 14.8 Å². The van der Waals surface area contributed by atoms with Crippen LogP contribution in [0.15, 0.2) is 48.5 Å². The molecule has 1 aliphatic heterocycles. The van der Waals surface area contributed by atoms with Gasteiger partial charge >= 0.3 is 0 Å². The van der Waals surface area contributed by atoms with E-state index in [1.807, 2.05) is 36.4 Å². The number of nitrogens with zero attached hydrogens (tertiary/aromatic N) is 1. The number of hydrogen-bond acceptors (Lipinski definition) is 4. The highest BCUT2D eigenvalue weighted by molar-refractivity contribution is 5.94. The first-order valence-corrected chi connectivity index (χ1v) is 10.6. The summed E-state index contributed by atoms with van der Waals surface area (Å²) in [6, 6.07) is 15.7. The van der Waals surface area contributed by atoms with E-state index in [9.17, 15) is 4.79 Å². The number of likely N-dealkylation sites (tertiary alicyclic amines) is 1. The van der Waals surface area contributed by atoms with Gasteiger partial charge in [0.15, 0.2) is 0 Å². The predicted octanol–water partition coefficient (Wildman–Crippen LogP) is 4.86. The summed E-state index contributed by atoms with van der Waals surface area (Å²) >= 11 is 0. The number of benzene rings is 2. The molecule has 0 radical (unpaired) electrons. The molecule has 0 aromatic heterocycles. The zero-order valence-electron chi connectivity index (χ0n) is 17.9. The molecule has 2 aromatic rings. The summed E-state index contributed by atoms with van der Waals surface area (Å²) < 4.78 is 11.0. The summed E-state index contributed by atoms with van der Waals surface area (Å²) in [5.41, 5.74) is 1.83. The Morgan fingerprint density at radius 3 is 2.50 bits per heavy atom. The van der Waals surface area contributed by atoms with Gasteiger partial charge in [-0.1, -0.05) is 31.5 Å². The number of amides is 1. The van der Waals surface area contributed by atoms with Crippen molar-refractivity contribution in [3.05, 3.63) is 59.7 Å². The largest absolute Gasteiger partial charge is 0.497 e. The van der Waals surface area contributed by atoms with E-state index >= 15 is 0 Å². The molecule has 1 amide bonds. The Morgan fingerprint density at radius 1 is 1.10 bits per heavy atom. The van der Waals surface area contributed by atoms with Crippen LogP contribution in [0.1, 0.15) is 54.6 Å². The van der Waals surface area contributed by atoms with Crippen LogP contribution in [0, 0.1) is 0 Å². The molecule has 0 aliphatic carbocycles. The SMILES string of the molecule is CCCCOc1cccc(C(=O)NCC(c2ccc(OC)cc2)N2CCCC2)c1.Cl. The molecule has 2 aromatic carbocycles. The Hall–Kier alpha value is -2.24. The average Bonchev–Trinajstić information content (AvgIpc) is 3.29. The Labute approximate surface area is 186 Å². The van der Waals surface area contributed by atoms with E-state index in [2.05, 4.69) is 29.3 Å². The molecule has 1 atom stereocenters. The minimum atomic E-state index is -0.0661. The summed E-state index contributed by atoms with van der Waals surface area (Å²) in [6.07, 6.45) is 4.51. The smallest absolute Gasteiger partial charge is 0.251 e. The molecular weight excluding hydrogens is 400 g/mol. The van der Waals surface area contributed by atoms with Crippen molar-refractivity contribution in [2.24, 2.45) is 0 Å². The minimum absolute atomic E-state index is 0. The van der Waals surface area contributed by atoms with E-state index < -0.39 is 0 Å². The Morgan fingerprint density at radius 2 is 1.83 bits per heavy atom. The van der Waals surface area contributed by atoms with Crippen LogP contribution in [0.4, 0.5) is 0 Å². The number of carbonyl (C=O) groups excluding carboxylic acids is 1. The highest BCUT2D eigenvalue weighted by atomic mass is 35.5. The van der Waals surface area contributed by atoms with Gasteiger partial charge in [-0.2, -0.15) is 0 Å². The molecule has 0 saturated carbocycles. The summed E-state index contributed by atoms with van der Waals surface area (Å²) in [7, 11) is 1.67. The van der Waals surface area contributed by atoms with Crippen molar-refractivity contribution < 1.29 is 14.3 Å². The molecule has 1 fully saturated rings. The van der Waals surface area contributed by atoms with Gasteiger partial charge in [-0.25, -0.2) is 0 Å². The van der Waals surface area contributed by atoms with Gasteiger partial charge in [-0.15, -0.1) is 12.4 Å². The van der Waals surface area contributed by atoms with Crippen LogP contribution in [0.2, 0.25) is 0 Å². The van der Waals surface area contributed by atoms with Crippen LogP contribution in [0.25, 0.3) is 0 Å². The van der Waals surface area contributed by atoms with E-state index in [4.69, 9.17) is 9.47 Å². The first kappa shape index (κ1) is 24.0. The minimum Gasteiger partial charge on any atom is -0.497 e. The van der Waals surface area contributed by atoms with E-state index in [-0.39, 0.29) is 24.4 Å². The van der Waals surface area contributed by atoms with Crippen molar-refractivity contribution in [3.63, 3.8) is 0 Å². The molecule has 30 heavy (non-hydrogen) atoms. The van der Waals surface area contributed by atoms with Crippen molar-refractivity contribution >= 4 is 18.3 Å². The van der Waals surface area contributed by atoms with Gasteiger partial charge < -0.3 is 14.8 Å². The van der Waals surface area contributed by atoms with E-state index in [0.29, 0.717) is 18.7 Å². The number of rotatable bonds is 10. The van der Waals surface area contributed by atoms with Crippen LogP contribution >= 0.6 is 12.4 Å². The molecular formula is C24H33ClN2O3. The fourth-order valence-electron chi connectivity index (χ4n) is 3.69. The van der Waals surface area contributed by atoms with Crippen LogP contribution in [0.3, 0.4) is 0 Å². The number of halogens is 1. The zero-order valence-corrected chi connectivity index (χ0v) is 18.7. The summed E-state index contributed by atoms with van der Waals surface area (Å²) in [4.78, 5) is 15.2. The first-order chi connectivity index (χ1) is 14.2. The lowest BCUT2D eigenvalue weighted by atomic mass is 10.0. The Bertz CT molecular complexity index is 776. The van der Waals surface area contributed by atoms with Crippen molar-refractivity contribution in [1.29, 1.82) is 0 Å². The second-order valence-corrected chi connectivity index (χ2v) is 7.47. The predicted molar refractivity (Wildman–Crippen MR) is 123 cm³/mol. The maximum Gasteiger partial charge on any atom is 0.251 e. The van der Waals surface area contributed by atoms with E-state index in [0.717, 1.165) is 37.4 Å². The van der Waals surface area contributed by atoms with Gasteiger partial charge in [0.1, 0.15) is 11.5 Å². The Kier molecular flexibility index (Phi) is 9.98. The molecule has 6 heteroatoms. The van der Waals surface area contributed by atoms with Gasteiger partial charge in [-0.05, 0) is 68.2 Å². The molecule has 3 rings (SSSR count). The lowest BCUT2D eigenvalue weighted by Crippen LogP contribution is -2.36. The summed E-state index contributed by atoms with van der Waals surface area (Å²) in [5.74, 6) is 1.53. The van der Waals surface area contributed by atoms with Crippen LogP contribution in [-0.2, 0) is 0 Å². The number of unbranched alkanes of at least 4 members (excludes halogenated alkanes) is 1. The van der Waals surface area contributed by atoms with E-state index in [1.165, 1.54) is 18.4 Å². The quantitative estimate of drug-likeness (QED) is 0.544. The average molecular weight is 433 g/mol. The monoisotopic (exact) mass is 432 g/mol. The highest BCUT2D eigenvalue weighted by Crippen LogP contribution is 2.26. The number of hydrogen-bond donors (Lipinski definition) is 1. The summed E-state index contributed by atoms with van der Waals surface area (Å²) in [5, 5.41) is 3.13. The fourth-order valence-corrected chi connectivity index (χ4v) is 3.69. The third kappa shape index (κ3) is 6.64. The lowest BCUT2D eigenvalue weighted by molar-refractivity contribution is 0.0937. The number of methoxy groups -OCH3 is 1. The lowest BCUT2D eigenvalue weighted by Gasteiger charge is -2.28. The second kappa shape index (κ2) is 12.5. The standard InChI is InChI=1S/C24H32N2O3.ClH/c1-3-4-16-29-22-9-7-8-20(17-22)24(27)25-18-23(26-14-5-6-15-26)19-10-12-21(28-2)13-11-19;/h7-13,17,23H,3-6,14-16,18H2,1-2H3,(H,25,27);1H. The van der Waals surface area contributed by atoms with Crippen molar-refractivity contribution in [2.45, 2.75) is 38.6 Å². The van der Waals surface area contributed by atoms with Crippen molar-refractivity contribution in [1.82, 2.24) is 10.2 Å². The van der Waals surface area contributed by atoms with Gasteiger partial charge in [-0.3, -0.25) is 9.69 Å². The molecule has 1 unspecified atom stereocenters. The normalized spacial score (nSPS) is 14.6. The fraction of sp³-hybridized carbons (Fsp3) is 0.458. The van der Waals surface area contributed by atoms with Gasteiger partial charge in [0, 0.05) is 12.1 Å². The number of carbonyl (C=O) groups is 1. The van der Waals surface area contributed by atoms with Crippen molar-refractivity contribution in [2.75, 3.05) is 33.4 Å². The highest BCUT2D eigenvalue weighted by Gasteiger charge is 2.24. The number of ether oxygens (including phenoxy) is 2. The molecule has 5 nitrogen and oxygen atoms in total. The second-order valence-electron chi connectivity index (χ2n) is 7.47. The van der Waals surface area contributed by atoms with E-state index in [1.54, 1.807) is 7.11 Å². The van der Waals surface area contributed by atoms with Crippen LogP contribution in [-0.4, -0.2) is 44.2 Å². The third-order valence-corrected chi connectivity index (χ3v) is 5.40. The topological polar surface area (TPSA) is 50.8 Å². The maximum absolute atomic E-state index is 12.8. The third-order valence-electron chi connectivity index (χ3n) is 5.40. The van der Waals surface area contributed by atoms with Gasteiger partial charge in [0.05, 0.1) is 19.8 Å². The Balaban J connectivity index is 0.00000320. The summed E-state index contributed by atoms with van der Waals surface area (Å²) in [6.45, 7) is 5.51. The zero-order chi connectivity index (χ0) is 20.5. The molecule has 1 aliphatic rings. The van der Waals surface area contributed by atoms with Crippen molar-refractivity contribution in [3.8, 4) is 11.5 Å².